The highest BCUT2D eigenvalue weighted by molar-refractivity contribution is 5.77. The van der Waals surface area contributed by atoms with Crippen molar-refractivity contribution in [3.8, 4) is 0 Å². The van der Waals surface area contributed by atoms with Crippen LogP contribution in [0.15, 0.2) is 59.7 Å². The van der Waals surface area contributed by atoms with Gasteiger partial charge in [-0.25, -0.2) is 0 Å². The van der Waals surface area contributed by atoms with Crippen LogP contribution in [0.25, 0.3) is 17.0 Å². The fraction of sp³-hybridized carbons (Fsp3) is 0.360. The molecule has 0 spiro atoms. The summed E-state index contributed by atoms with van der Waals surface area (Å²) in [5.41, 5.74) is 5.15. The number of pyridine rings is 2. The van der Waals surface area contributed by atoms with Gasteiger partial charge in [0.25, 0.3) is 5.56 Å². The number of rotatable bonds is 5. The third-order valence-electron chi connectivity index (χ3n) is 6.41. The van der Waals surface area contributed by atoms with E-state index in [1.54, 1.807) is 18.5 Å². The van der Waals surface area contributed by atoms with Gasteiger partial charge in [0.05, 0.1) is 18.4 Å². The van der Waals surface area contributed by atoms with Crippen molar-refractivity contribution >= 4 is 17.0 Å². The molecule has 1 fully saturated rings. The Morgan fingerprint density at radius 3 is 2.90 bits per heavy atom. The molecule has 1 aliphatic heterocycles. The van der Waals surface area contributed by atoms with E-state index in [9.17, 15) is 4.79 Å². The molecule has 3 aromatic rings. The molecule has 2 aliphatic rings. The van der Waals surface area contributed by atoms with Crippen molar-refractivity contribution in [2.45, 2.75) is 44.9 Å². The predicted octanol–water partition coefficient (Wildman–Crippen LogP) is 3.57. The number of benzene rings is 1. The molecule has 5 heteroatoms. The van der Waals surface area contributed by atoms with E-state index in [4.69, 9.17) is 0 Å². The zero-order valence-corrected chi connectivity index (χ0v) is 17.3. The van der Waals surface area contributed by atoms with E-state index < -0.39 is 0 Å². The number of nitrogens with one attached hydrogen (secondary N) is 1. The summed E-state index contributed by atoms with van der Waals surface area (Å²) < 4.78 is 1.84. The maximum Gasteiger partial charge on any atom is 0.252 e. The molecule has 1 saturated heterocycles. The largest absolute Gasteiger partial charge is 0.310 e. The minimum atomic E-state index is 0.0391. The average Bonchev–Trinajstić information content (AvgIpc) is 2.80. The van der Waals surface area contributed by atoms with Gasteiger partial charge in [0.2, 0.25) is 0 Å². The number of likely N-dealkylation sites (tertiary alicyclic amines) is 1. The number of aromatic nitrogens is 2. The van der Waals surface area contributed by atoms with E-state index in [2.05, 4.69) is 45.6 Å². The molecule has 2 aromatic heterocycles. The van der Waals surface area contributed by atoms with Crippen LogP contribution in [-0.4, -0.2) is 33.6 Å². The highest BCUT2D eigenvalue weighted by atomic mass is 16.1. The summed E-state index contributed by atoms with van der Waals surface area (Å²) in [5, 5.41) is 4.80. The Morgan fingerprint density at radius 1 is 1.10 bits per heavy atom. The number of nitrogens with zero attached hydrogens (tertiary/aromatic N) is 3. The molecule has 1 N–H and O–H groups in total. The zero-order chi connectivity index (χ0) is 20.3. The molecular formula is C25H28N4O. The first-order valence-electron chi connectivity index (χ1n) is 10.9. The van der Waals surface area contributed by atoms with Gasteiger partial charge in [-0.1, -0.05) is 30.4 Å². The van der Waals surface area contributed by atoms with Crippen LogP contribution in [0.5, 0.6) is 0 Å². The van der Waals surface area contributed by atoms with Gasteiger partial charge < -0.3 is 5.32 Å². The molecule has 0 radical (unpaired) electrons. The van der Waals surface area contributed by atoms with Gasteiger partial charge in [0, 0.05) is 43.3 Å². The van der Waals surface area contributed by atoms with Gasteiger partial charge in [-0.15, -0.1) is 0 Å². The molecule has 30 heavy (non-hydrogen) atoms. The van der Waals surface area contributed by atoms with Crippen molar-refractivity contribution in [2.75, 3.05) is 13.1 Å². The second kappa shape index (κ2) is 8.54. The van der Waals surface area contributed by atoms with Crippen molar-refractivity contribution in [3.05, 3.63) is 81.9 Å². The van der Waals surface area contributed by atoms with Gasteiger partial charge in [0.1, 0.15) is 0 Å². The second-order valence-electron chi connectivity index (χ2n) is 8.42. The lowest BCUT2D eigenvalue weighted by molar-refractivity contribution is 0.159. The zero-order valence-electron chi connectivity index (χ0n) is 17.3. The van der Waals surface area contributed by atoms with Crippen molar-refractivity contribution in [1.29, 1.82) is 0 Å². The lowest BCUT2D eigenvalue weighted by atomic mass is 9.95. The molecule has 5 rings (SSSR count). The van der Waals surface area contributed by atoms with E-state index in [0.717, 1.165) is 56.2 Å². The van der Waals surface area contributed by atoms with Crippen LogP contribution in [0.3, 0.4) is 0 Å². The first-order chi connectivity index (χ1) is 14.8. The summed E-state index contributed by atoms with van der Waals surface area (Å²) in [6.07, 6.45) is 12.6. The first-order valence-corrected chi connectivity index (χ1v) is 10.9. The number of aryl methyl sites for hydroxylation is 1. The molecule has 154 valence electrons. The minimum absolute atomic E-state index is 0.0391. The summed E-state index contributed by atoms with van der Waals surface area (Å²) in [4.78, 5) is 19.0. The fourth-order valence-electron chi connectivity index (χ4n) is 4.61. The van der Waals surface area contributed by atoms with Crippen LogP contribution < -0.4 is 10.9 Å². The van der Waals surface area contributed by atoms with E-state index >= 15 is 0 Å². The van der Waals surface area contributed by atoms with Crippen molar-refractivity contribution in [3.63, 3.8) is 0 Å². The molecule has 0 saturated carbocycles. The molecule has 3 heterocycles. The molecule has 0 amide bonds. The average molecular weight is 401 g/mol. The monoisotopic (exact) mass is 400 g/mol. The quantitative estimate of drug-likeness (QED) is 0.711. The van der Waals surface area contributed by atoms with Crippen LogP contribution in [0, 0.1) is 0 Å². The van der Waals surface area contributed by atoms with Crippen molar-refractivity contribution in [1.82, 2.24) is 19.8 Å². The number of hydrogen-bond donors (Lipinski definition) is 1. The highest BCUT2D eigenvalue weighted by Crippen LogP contribution is 2.21. The summed E-state index contributed by atoms with van der Waals surface area (Å²) in [7, 11) is 0. The highest BCUT2D eigenvalue weighted by Gasteiger charge is 2.20. The van der Waals surface area contributed by atoms with Crippen LogP contribution >= 0.6 is 0 Å². The number of hydrogen-bond acceptors (Lipinski definition) is 4. The van der Waals surface area contributed by atoms with Gasteiger partial charge in [0.15, 0.2) is 0 Å². The lowest BCUT2D eigenvalue weighted by Crippen LogP contribution is -2.44. The molecule has 0 bridgehead atoms. The number of piperidine rings is 1. The van der Waals surface area contributed by atoms with Crippen LogP contribution in [0.1, 0.15) is 36.0 Å². The Hall–Kier alpha value is -2.76. The topological polar surface area (TPSA) is 50.2 Å². The summed E-state index contributed by atoms with van der Waals surface area (Å²) in [6.45, 7) is 3.54. The normalized spacial score (nSPS) is 17.3. The molecular weight excluding hydrogens is 372 g/mol. The van der Waals surface area contributed by atoms with E-state index in [1.807, 2.05) is 16.7 Å². The van der Waals surface area contributed by atoms with E-state index in [0.29, 0.717) is 12.7 Å². The van der Waals surface area contributed by atoms with E-state index in [1.165, 1.54) is 16.7 Å². The maximum absolute atomic E-state index is 12.4. The second-order valence-corrected chi connectivity index (χ2v) is 8.42. The number of allylic oxidation sites excluding steroid dienone is 1. The van der Waals surface area contributed by atoms with Gasteiger partial charge in [-0.2, -0.15) is 0 Å². The van der Waals surface area contributed by atoms with E-state index in [-0.39, 0.29) is 5.56 Å². The number of fused-ring (bicyclic) bond motifs is 2. The lowest BCUT2D eigenvalue weighted by Gasteiger charge is -2.33. The Morgan fingerprint density at radius 2 is 2.00 bits per heavy atom. The summed E-state index contributed by atoms with van der Waals surface area (Å²) >= 11 is 0. The molecule has 1 aliphatic carbocycles. The molecule has 0 atom stereocenters. The van der Waals surface area contributed by atoms with Crippen molar-refractivity contribution < 1.29 is 0 Å². The Kier molecular flexibility index (Phi) is 5.47. The molecule has 5 nitrogen and oxygen atoms in total. The van der Waals surface area contributed by atoms with Gasteiger partial charge >= 0.3 is 0 Å². The SMILES string of the molecule is O=c1ccc2ccncc2n1CN1CCC(NCc2ccc3c(c2)C=CCC3)CC1. The molecule has 1 aromatic carbocycles. The Bertz CT molecular complexity index is 1130. The first kappa shape index (κ1) is 19.2. The van der Waals surface area contributed by atoms with Gasteiger partial charge in [-0.3, -0.25) is 19.2 Å². The smallest absolute Gasteiger partial charge is 0.252 e. The maximum atomic E-state index is 12.4. The standard InChI is InChI=1S/C25H28N4O/c30-25-8-7-21-9-12-26-17-24(21)29(25)18-28-13-10-23(11-14-28)27-16-19-5-6-20-3-1-2-4-22(20)15-19/h2,4-9,12,15,17,23,27H,1,3,10-11,13-14,16,18H2. The Balaban J connectivity index is 1.17. The Labute approximate surface area is 177 Å². The fourth-order valence-corrected chi connectivity index (χ4v) is 4.61. The predicted molar refractivity (Wildman–Crippen MR) is 121 cm³/mol. The molecule has 0 unspecified atom stereocenters. The van der Waals surface area contributed by atoms with Crippen LogP contribution in [0.2, 0.25) is 0 Å². The van der Waals surface area contributed by atoms with Crippen LogP contribution in [-0.2, 0) is 19.6 Å². The van der Waals surface area contributed by atoms with Crippen LogP contribution in [0.4, 0.5) is 0 Å². The van der Waals surface area contributed by atoms with Gasteiger partial charge in [-0.05, 0) is 54.5 Å². The third kappa shape index (κ3) is 4.09. The third-order valence-corrected chi connectivity index (χ3v) is 6.41. The summed E-state index contributed by atoms with van der Waals surface area (Å²) in [5.74, 6) is 0. The summed E-state index contributed by atoms with van der Waals surface area (Å²) in [6, 6.07) is 12.9. The van der Waals surface area contributed by atoms with Crippen molar-refractivity contribution in [2.24, 2.45) is 0 Å². The minimum Gasteiger partial charge on any atom is -0.310 e.